The maximum atomic E-state index is 12.7. The number of ketones is 1. The number of aromatic amines is 1. The summed E-state index contributed by atoms with van der Waals surface area (Å²) in [7, 11) is 0. The smallest absolute Gasteiger partial charge is 0.150 e. The highest BCUT2D eigenvalue weighted by molar-refractivity contribution is 7.11. The molecule has 1 aliphatic rings. The molecule has 0 radical (unpaired) electrons. The zero-order valence-electron chi connectivity index (χ0n) is 15.0. The lowest BCUT2D eigenvalue weighted by molar-refractivity contribution is -0.121. The fraction of sp³-hybridized carbons (Fsp3) is 0.318. The van der Waals surface area contributed by atoms with Gasteiger partial charge >= 0.3 is 0 Å². The summed E-state index contributed by atoms with van der Waals surface area (Å²) in [6.45, 7) is 2.91. The van der Waals surface area contributed by atoms with Gasteiger partial charge in [0.15, 0.2) is 0 Å². The number of carbonyl (C=O) groups excluding carboxylic acids is 1. The molecule has 1 aromatic carbocycles. The summed E-state index contributed by atoms with van der Waals surface area (Å²) in [5.74, 6) is 0.338. The van der Waals surface area contributed by atoms with E-state index in [2.05, 4.69) is 65.1 Å². The second kappa shape index (κ2) is 7.60. The summed E-state index contributed by atoms with van der Waals surface area (Å²) in [6, 6.07) is 12.6. The van der Waals surface area contributed by atoms with Gasteiger partial charge in [-0.3, -0.25) is 4.79 Å². The van der Waals surface area contributed by atoms with Crippen molar-refractivity contribution in [1.29, 1.82) is 0 Å². The number of carbonyl (C=O) groups is 1. The average Bonchev–Trinajstić information content (AvgIpc) is 3.30. The molecule has 4 rings (SSSR count). The lowest BCUT2D eigenvalue weighted by atomic mass is 9.94. The first kappa shape index (κ1) is 17.3. The minimum absolute atomic E-state index is 0.0406. The molecule has 26 heavy (non-hydrogen) atoms. The zero-order valence-corrected chi connectivity index (χ0v) is 15.9. The van der Waals surface area contributed by atoms with E-state index in [0.29, 0.717) is 12.2 Å². The topological polar surface area (TPSA) is 44.9 Å². The van der Waals surface area contributed by atoms with E-state index in [1.54, 1.807) is 11.3 Å². The van der Waals surface area contributed by atoms with Gasteiger partial charge in [0.1, 0.15) is 5.78 Å². The van der Waals surface area contributed by atoms with E-state index in [1.165, 1.54) is 32.6 Å². The third-order valence-electron chi connectivity index (χ3n) is 5.24. The van der Waals surface area contributed by atoms with Gasteiger partial charge in [-0.05, 0) is 54.8 Å². The van der Waals surface area contributed by atoms with E-state index in [9.17, 15) is 4.79 Å². The van der Waals surface area contributed by atoms with Crippen molar-refractivity contribution in [3.8, 4) is 0 Å². The van der Waals surface area contributed by atoms with Gasteiger partial charge in [-0.15, -0.1) is 11.3 Å². The summed E-state index contributed by atoms with van der Waals surface area (Å²) in [5, 5.41) is 6.75. The molecule has 1 atom stereocenters. The average molecular weight is 365 g/mol. The van der Waals surface area contributed by atoms with Gasteiger partial charge in [0.2, 0.25) is 0 Å². The Morgan fingerprint density at radius 3 is 2.96 bits per heavy atom. The molecule has 3 aromatic rings. The minimum Gasteiger partial charge on any atom is -0.358 e. The van der Waals surface area contributed by atoms with Gasteiger partial charge < -0.3 is 10.3 Å². The van der Waals surface area contributed by atoms with Gasteiger partial charge in [-0.2, -0.15) is 0 Å². The molecule has 0 saturated heterocycles. The number of fused-ring (bicyclic) bond motifs is 1. The molecule has 0 fully saturated rings. The van der Waals surface area contributed by atoms with Gasteiger partial charge in [0.05, 0.1) is 6.04 Å². The van der Waals surface area contributed by atoms with E-state index in [-0.39, 0.29) is 6.04 Å². The van der Waals surface area contributed by atoms with Crippen LogP contribution < -0.4 is 5.32 Å². The molecule has 1 unspecified atom stereocenters. The summed E-state index contributed by atoms with van der Waals surface area (Å²) in [6.07, 6.45) is 5.50. The van der Waals surface area contributed by atoms with Crippen LogP contribution in [0.2, 0.25) is 0 Å². The molecule has 134 valence electrons. The Labute approximate surface area is 158 Å². The zero-order chi connectivity index (χ0) is 17.9. The third kappa shape index (κ3) is 3.53. The Morgan fingerprint density at radius 1 is 1.23 bits per heavy atom. The van der Waals surface area contributed by atoms with Crippen LogP contribution in [0, 0.1) is 6.92 Å². The van der Waals surface area contributed by atoms with Crippen LogP contribution >= 0.6 is 11.3 Å². The van der Waals surface area contributed by atoms with Crippen molar-refractivity contribution >= 4 is 33.6 Å². The number of hydrogen-bond donors (Lipinski definition) is 2. The predicted molar refractivity (Wildman–Crippen MR) is 110 cm³/mol. The van der Waals surface area contributed by atoms with Crippen molar-refractivity contribution in [3.63, 3.8) is 0 Å². The van der Waals surface area contributed by atoms with Gasteiger partial charge in [0.25, 0.3) is 0 Å². The van der Waals surface area contributed by atoms with Crippen LogP contribution in [0.5, 0.6) is 0 Å². The van der Waals surface area contributed by atoms with Gasteiger partial charge in [0, 0.05) is 34.4 Å². The van der Waals surface area contributed by atoms with Crippen LogP contribution in [0.3, 0.4) is 0 Å². The quantitative estimate of drug-likeness (QED) is 0.655. The van der Waals surface area contributed by atoms with Crippen molar-refractivity contribution < 1.29 is 4.79 Å². The van der Waals surface area contributed by atoms with Crippen molar-refractivity contribution in [1.82, 2.24) is 10.3 Å². The molecular formula is C22H24N2OS. The Morgan fingerprint density at radius 2 is 2.12 bits per heavy atom. The Bertz CT molecular complexity index is 936. The van der Waals surface area contributed by atoms with Crippen LogP contribution in [0.1, 0.15) is 35.4 Å². The van der Waals surface area contributed by atoms with Crippen LogP contribution in [-0.2, 0) is 11.2 Å². The standard InChI is InChI=1S/C22H24N2OS/c1-15-17(18-6-2-3-8-19(18)24-15)7-4-9-21(25)20-14-16(11-12-23-20)22-10-5-13-26-22/h2-3,5-6,8,10-11,13,20,23-24H,4,7,9,12,14H2,1H3. The van der Waals surface area contributed by atoms with Crippen molar-refractivity contribution in [3.05, 3.63) is 64.0 Å². The molecule has 2 N–H and O–H groups in total. The molecule has 4 heteroatoms. The second-order valence-electron chi connectivity index (χ2n) is 6.97. The van der Waals surface area contributed by atoms with E-state index < -0.39 is 0 Å². The van der Waals surface area contributed by atoms with Gasteiger partial charge in [-0.1, -0.05) is 30.3 Å². The van der Waals surface area contributed by atoms with Crippen LogP contribution in [-0.4, -0.2) is 23.4 Å². The van der Waals surface area contributed by atoms with Crippen molar-refractivity contribution in [2.24, 2.45) is 0 Å². The highest BCUT2D eigenvalue weighted by Crippen LogP contribution is 2.27. The van der Waals surface area contributed by atoms with Crippen molar-refractivity contribution in [2.75, 3.05) is 6.54 Å². The molecule has 2 aromatic heterocycles. The predicted octanol–water partition coefficient (Wildman–Crippen LogP) is 4.88. The Kier molecular flexibility index (Phi) is 5.05. The SMILES string of the molecule is Cc1[nH]c2ccccc2c1CCCC(=O)C1CC(c2cccs2)=CCN1. The molecular weight excluding hydrogens is 340 g/mol. The number of nitrogens with one attached hydrogen (secondary N) is 2. The number of thiophene rings is 1. The molecule has 0 saturated carbocycles. The first-order valence-electron chi connectivity index (χ1n) is 9.27. The van der Waals surface area contributed by atoms with Crippen molar-refractivity contribution in [2.45, 2.75) is 38.6 Å². The summed E-state index contributed by atoms with van der Waals surface area (Å²) in [5.41, 5.74) is 5.07. The fourth-order valence-corrected chi connectivity index (χ4v) is 4.64. The molecule has 0 aliphatic carbocycles. The van der Waals surface area contributed by atoms with Gasteiger partial charge in [-0.25, -0.2) is 0 Å². The highest BCUT2D eigenvalue weighted by atomic mass is 32.1. The maximum Gasteiger partial charge on any atom is 0.150 e. The number of benzene rings is 1. The molecule has 0 spiro atoms. The number of para-hydroxylation sites is 1. The molecule has 0 bridgehead atoms. The number of hydrogen-bond acceptors (Lipinski definition) is 3. The highest BCUT2D eigenvalue weighted by Gasteiger charge is 2.22. The lowest BCUT2D eigenvalue weighted by Gasteiger charge is -2.23. The number of aromatic nitrogens is 1. The van der Waals surface area contributed by atoms with Crippen LogP contribution in [0.4, 0.5) is 0 Å². The van der Waals surface area contributed by atoms with E-state index >= 15 is 0 Å². The lowest BCUT2D eigenvalue weighted by Crippen LogP contribution is -2.39. The van der Waals surface area contributed by atoms with E-state index in [4.69, 9.17) is 0 Å². The van der Waals surface area contributed by atoms with Crippen LogP contribution in [0.25, 0.3) is 16.5 Å². The first-order chi connectivity index (χ1) is 12.7. The van der Waals surface area contributed by atoms with Crippen LogP contribution in [0.15, 0.2) is 47.9 Å². The molecule has 3 heterocycles. The Hall–Kier alpha value is -2.17. The molecule has 1 aliphatic heterocycles. The summed E-state index contributed by atoms with van der Waals surface area (Å²) >= 11 is 1.75. The van der Waals surface area contributed by atoms with E-state index in [1.807, 2.05) is 0 Å². The number of aryl methyl sites for hydroxylation is 2. The summed E-state index contributed by atoms with van der Waals surface area (Å²) in [4.78, 5) is 17.4. The third-order valence-corrected chi connectivity index (χ3v) is 6.19. The molecule has 0 amide bonds. The van der Waals surface area contributed by atoms with E-state index in [0.717, 1.165) is 25.8 Å². The number of H-pyrrole nitrogens is 1. The first-order valence-corrected chi connectivity index (χ1v) is 10.2. The Balaban J connectivity index is 1.35. The number of Topliss-reactive ketones (excluding diaryl/α,β-unsaturated/α-hetero) is 1. The minimum atomic E-state index is -0.0406. The largest absolute Gasteiger partial charge is 0.358 e. The fourth-order valence-electron chi connectivity index (χ4n) is 3.86. The monoisotopic (exact) mass is 364 g/mol. The normalized spacial score (nSPS) is 17.4. The second-order valence-corrected chi connectivity index (χ2v) is 7.91. The maximum absolute atomic E-state index is 12.7. The number of rotatable bonds is 6. The molecule has 3 nitrogen and oxygen atoms in total. The summed E-state index contributed by atoms with van der Waals surface area (Å²) < 4.78 is 0.